The Morgan fingerprint density at radius 1 is 1.15 bits per heavy atom. The first kappa shape index (κ1) is 18.4. The van der Waals surface area contributed by atoms with Crippen LogP contribution in [-0.2, 0) is 11.2 Å². The van der Waals surface area contributed by atoms with Crippen LogP contribution in [0.2, 0.25) is 10.0 Å². The molecule has 3 rings (SSSR count). The van der Waals surface area contributed by atoms with Crippen LogP contribution in [0.1, 0.15) is 24.1 Å². The number of likely N-dealkylation sites (N-methyl/N-ethyl adjacent to an activating group) is 1. The molecule has 0 spiro atoms. The van der Waals surface area contributed by atoms with Gasteiger partial charge in [-0.25, -0.2) is 9.67 Å². The highest BCUT2D eigenvalue weighted by Gasteiger charge is 2.20. The summed E-state index contributed by atoms with van der Waals surface area (Å²) in [6.45, 7) is 1.98. The number of hydrogen-bond acceptors (Lipinski definition) is 3. The van der Waals surface area contributed by atoms with Crippen LogP contribution < -0.4 is 0 Å². The van der Waals surface area contributed by atoms with Crippen molar-refractivity contribution < 1.29 is 4.79 Å². The zero-order chi connectivity index (χ0) is 18.7. The highest BCUT2D eigenvalue weighted by Crippen LogP contribution is 2.27. The second-order valence-corrected chi connectivity index (χ2v) is 6.80. The molecule has 7 heteroatoms. The smallest absolute Gasteiger partial charge is 0.227 e. The first-order chi connectivity index (χ1) is 12.5. The fourth-order valence-corrected chi connectivity index (χ4v) is 3.19. The molecule has 1 heterocycles. The molecule has 3 aromatic rings. The van der Waals surface area contributed by atoms with Gasteiger partial charge in [0.05, 0.1) is 18.2 Å². The molecule has 134 valence electrons. The normalized spacial score (nSPS) is 12.0. The van der Waals surface area contributed by atoms with Crippen molar-refractivity contribution in [2.24, 2.45) is 0 Å². The molecule has 0 aliphatic carbocycles. The lowest BCUT2D eigenvalue weighted by Crippen LogP contribution is -2.31. The van der Waals surface area contributed by atoms with Gasteiger partial charge in [0, 0.05) is 17.1 Å². The molecule has 0 N–H and O–H groups in total. The number of halogens is 2. The van der Waals surface area contributed by atoms with Crippen LogP contribution in [0, 0.1) is 0 Å². The van der Waals surface area contributed by atoms with Crippen molar-refractivity contribution >= 4 is 29.1 Å². The fraction of sp³-hybridized carbons (Fsp3) is 0.211. The number of aromatic nitrogens is 3. The van der Waals surface area contributed by atoms with Gasteiger partial charge in [-0.15, -0.1) is 0 Å². The lowest BCUT2D eigenvalue weighted by Gasteiger charge is -2.26. The van der Waals surface area contributed by atoms with Gasteiger partial charge in [0.25, 0.3) is 0 Å². The second-order valence-electron chi connectivity index (χ2n) is 5.99. The third kappa shape index (κ3) is 3.89. The van der Waals surface area contributed by atoms with Crippen molar-refractivity contribution in [2.75, 3.05) is 7.05 Å². The maximum absolute atomic E-state index is 12.7. The van der Waals surface area contributed by atoms with Crippen LogP contribution in [-0.4, -0.2) is 32.6 Å². The molecule has 5 nitrogen and oxygen atoms in total. The third-order valence-electron chi connectivity index (χ3n) is 4.42. The minimum Gasteiger partial charge on any atom is -0.339 e. The number of hydrogen-bond donors (Lipinski definition) is 0. The summed E-state index contributed by atoms with van der Waals surface area (Å²) in [5.41, 5.74) is 2.59. The zero-order valence-electron chi connectivity index (χ0n) is 14.4. The Morgan fingerprint density at radius 3 is 2.38 bits per heavy atom. The highest BCUT2D eigenvalue weighted by atomic mass is 35.5. The first-order valence-electron chi connectivity index (χ1n) is 8.11. The van der Waals surface area contributed by atoms with E-state index in [2.05, 4.69) is 10.1 Å². The standard InChI is InChI=1S/C19H18Cl2N4O/c1-13(14-6-8-15(9-7-14)25-12-22-11-23-25)24(2)19(26)10-16-17(20)4-3-5-18(16)21/h3-9,11-13H,10H2,1-2H3. The number of nitrogens with zero attached hydrogens (tertiary/aromatic N) is 4. The Bertz CT molecular complexity index is 874. The van der Waals surface area contributed by atoms with Gasteiger partial charge >= 0.3 is 0 Å². The van der Waals surface area contributed by atoms with E-state index in [-0.39, 0.29) is 18.4 Å². The van der Waals surface area contributed by atoms with E-state index in [1.807, 2.05) is 31.2 Å². The van der Waals surface area contributed by atoms with Crippen molar-refractivity contribution in [1.29, 1.82) is 0 Å². The monoisotopic (exact) mass is 388 g/mol. The Hall–Kier alpha value is -2.37. The highest BCUT2D eigenvalue weighted by molar-refractivity contribution is 6.36. The van der Waals surface area contributed by atoms with Gasteiger partial charge in [-0.2, -0.15) is 5.10 Å². The van der Waals surface area contributed by atoms with Gasteiger partial charge in [-0.1, -0.05) is 41.4 Å². The van der Waals surface area contributed by atoms with Gasteiger partial charge < -0.3 is 4.90 Å². The lowest BCUT2D eigenvalue weighted by atomic mass is 10.1. The van der Waals surface area contributed by atoms with Gasteiger partial charge in [-0.3, -0.25) is 4.79 Å². The van der Waals surface area contributed by atoms with Crippen LogP contribution in [0.25, 0.3) is 5.69 Å². The van der Waals surface area contributed by atoms with E-state index in [1.54, 1.807) is 41.2 Å². The van der Waals surface area contributed by atoms with E-state index in [9.17, 15) is 4.79 Å². The molecule has 1 unspecified atom stereocenters. The second kappa shape index (κ2) is 7.89. The summed E-state index contributed by atoms with van der Waals surface area (Å²) in [6, 6.07) is 13.0. The molecular formula is C19H18Cl2N4O. The van der Waals surface area contributed by atoms with Crippen LogP contribution in [0.5, 0.6) is 0 Å². The molecule has 1 atom stereocenters. The lowest BCUT2D eigenvalue weighted by molar-refractivity contribution is -0.131. The molecule has 0 saturated heterocycles. The summed E-state index contributed by atoms with van der Waals surface area (Å²) in [4.78, 5) is 18.3. The van der Waals surface area contributed by atoms with Gasteiger partial charge in [0.15, 0.2) is 0 Å². The molecule has 1 amide bonds. The molecule has 0 radical (unpaired) electrons. The minimum atomic E-state index is -0.0893. The van der Waals surface area contributed by atoms with Crippen molar-refractivity contribution in [3.8, 4) is 5.69 Å². The van der Waals surface area contributed by atoms with Crippen LogP contribution in [0.4, 0.5) is 0 Å². The largest absolute Gasteiger partial charge is 0.339 e. The number of rotatable bonds is 5. The SMILES string of the molecule is CC(c1ccc(-n2cncn2)cc1)N(C)C(=O)Cc1c(Cl)cccc1Cl. The summed E-state index contributed by atoms with van der Waals surface area (Å²) in [7, 11) is 1.78. The quantitative estimate of drug-likeness (QED) is 0.653. The van der Waals surface area contributed by atoms with Crippen molar-refractivity contribution in [3.05, 3.63) is 76.3 Å². The Morgan fingerprint density at radius 2 is 1.81 bits per heavy atom. The van der Waals surface area contributed by atoms with Crippen molar-refractivity contribution in [3.63, 3.8) is 0 Å². The number of benzene rings is 2. The molecule has 0 bridgehead atoms. The van der Waals surface area contributed by atoms with E-state index in [1.165, 1.54) is 6.33 Å². The summed E-state index contributed by atoms with van der Waals surface area (Å²) in [6.07, 6.45) is 3.29. The zero-order valence-corrected chi connectivity index (χ0v) is 15.9. The Kier molecular flexibility index (Phi) is 5.59. The maximum atomic E-state index is 12.7. The first-order valence-corrected chi connectivity index (χ1v) is 8.86. The molecule has 1 aromatic heterocycles. The summed E-state index contributed by atoms with van der Waals surface area (Å²) in [5, 5.41) is 5.11. The number of carbonyl (C=O) groups is 1. The molecule has 2 aromatic carbocycles. The predicted octanol–water partition coefficient (Wildman–Crippen LogP) is 4.34. The average molecular weight is 389 g/mol. The van der Waals surface area contributed by atoms with Gasteiger partial charge in [0.2, 0.25) is 5.91 Å². The molecule has 26 heavy (non-hydrogen) atoms. The Balaban J connectivity index is 1.72. The Labute approximate surface area is 162 Å². The molecular weight excluding hydrogens is 371 g/mol. The van der Waals surface area contributed by atoms with Crippen LogP contribution in [0.3, 0.4) is 0 Å². The van der Waals surface area contributed by atoms with Crippen molar-refractivity contribution in [1.82, 2.24) is 19.7 Å². The summed E-state index contributed by atoms with van der Waals surface area (Å²) < 4.78 is 1.68. The number of amides is 1. The molecule has 0 fully saturated rings. The molecule has 0 aliphatic rings. The fourth-order valence-electron chi connectivity index (χ4n) is 2.66. The summed E-state index contributed by atoms with van der Waals surface area (Å²) >= 11 is 12.3. The third-order valence-corrected chi connectivity index (χ3v) is 5.13. The average Bonchev–Trinajstić information content (AvgIpc) is 3.18. The maximum Gasteiger partial charge on any atom is 0.227 e. The van der Waals surface area contributed by atoms with E-state index in [4.69, 9.17) is 23.2 Å². The molecule has 0 saturated carbocycles. The minimum absolute atomic E-state index is 0.0483. The predicted molar refractivity (Wildman–Crippen MR) is 103 cm³/mol. The van der Waals surface area contributed by atoms with E-state index in [0.717, 1.165) is 11.3 Å². The van der Waals surface area contributed by atoms with Crippen LogP contribution in [0.15, 0.2) is 55.1 Å². The van der Waals surface area contributed by atoms with E-state index >= 15 is 0 Å². The van der Waals surface area contributed by atoms with Crippen LogP contribution >= 0.6 is 23.2 Å². The van der Waals surface area contributed by atoms with Gasteiger partial charge in [0.1, 0.15) is 12.7 Å². The number of carbonyl (C=O) groups excluding carboxylic acids is 1. The van der Waals surface area contributed by atoms with Crippen molar-refractivity contribution in [2.45, 2.75) is 19.4 Å². The van der Waals surface area contributed by atoms with E-state index < -0.39 is 0 Å². The summed E-state index contributed by atoms with van der Waals surface area (Å²) in [5.74, 6) is -0.0483. The van der Waals surface area contributed by atoms with Gasteiger partial charge in [-0.05, 0) is 42.3 Å². The molecule has 0 aliphatic heterocycles. The topological polar surface area (TPSA) is 51.0 Å². The van der Waals surface area contributed by atoms with E-state index in [0.29, 0.717) is 15.6 Å².